The van der Waals surface area contributed by atoms with Crippen molar-refractivity contribution in [3.63, 3.8) is 0 Å². The third-order valence-corrected chi connectivity index (χ3v) is 3.05. The molecular formula is C11H19N3S. The maximum atomic E-state index is 4.35. The Kier molecular flexibility index (Phi) is 6.36. The number of hydrogen-bond acceptors (Lipinski definition) is 4. The Morgan fingerprint density at radius 1 is 1.40 bits per heavy atom. The first kappa shape index (κ1) is 12.5. The van der Waals surface area contributed by atoms with Gasteiger partial charge in [0.05, 0.1) is 11.7 Å². The van der Waals surface area contributed by atoms with Crippen LogP contribution in [-0.4, -0.2) is 28.0 Å². The molecule has 0 saturated carbocycles. The zero-order valence-electron chi connectivity index (χ0n) is 9.44. The summed E-state index contributed by atoms with van der Waals surface area (Å²) in [4.78, 5) is 8.46. The molecule has 0 fully saturated rings. The minimum Gasteiger partial charge on any atom is -0.308 e. The smallest absolute Gasteiger partial charge is 0.0764 e. The molecule has 0 aliphatic heterocycles. The second-order valence-corrected chi connectivity index (χ2v) is 4.62. The minimum atomic E-state index is 0.337. The number of thioether (sulfide) groups is 1. The standard InChI is InChI=1S/C11H19N3S/c1-3-5-13-11(9-15-4-2)10-8-12-6-7-14-10/h6-8,11,13H,3-5,9H2,1-2H3. The van der Waals surface area contributed by atoms with E-state index in [2.05, 4.69) is 29.1 Å². The first-order valence-electron chi connectivity index (χ1n) is 5.45. The molecule has 84 valence electrons. The summed E-state index contributed by atoms with van der Waals surface area (Å²) in [5.41, 5.74) is 1.05. The lowest BCUT2D eigenvalue weighted by molar-refractivity contribution is 0.563. The molecule has 15 heavy (non-hydrogen) atoms. The van der Waals surface area contributed by atoms with Crippen LogP contribution < -0.4 is 5.32 Å². The summed E-state index contributed by atoms with van der Waals surface area (Å²) in [5, 5.41) is 3.50. The Bertz CT molecular complexity index is 245. The summed E-state index contributed by atoms with van der Waals surface area (Å²) < 4.78 is 0. The number of rotatable bonds is 7. The fraction of sp³-hybridized carbons (Fsp3) is 0.636. The molecule has 0 radical (unpaired) electrons. The fourth-order valence-electron chi connectivity index (χ4n) is 1.29. The lowest BCUT2D eigenvalue weighted by atomic mass is 10.2. The summed E-state index contributed by atoms with van der Waals surface area (Å²) in [6, 6.07) is 0.337. The van der Waals surface area contributed by atoms with Crippen molar-refractivity contribution >= 4 is 11.8 Å². The lowest BCUT2D eigenvalue weighted by Gasteiger charge is -2.16. The van der Waals surface area contributed by atoms with E-state index in [0.29, 0.717) is 6.04 Å². The normalized spacial score (nSPS) is 12.7. The quantitative estimate of drug-likeness (QED) is 0.772. The molecule has 1 aromatic heterocycles. The van der Waals surface area contributed by atoms with Gasteiger partial charge < -0.3 is 5.32 Å². The van der Waals surface area contributed by atoms with Gasteiger partial charge in [0.25, 0.3) is 0 Å². The van der Waals surface area contributed by atoms with E-state index in [1.807, 2.05) is 18.0 Å². The SMILES string of the molecule is CCCNC(CSCC)c1cnccn1. The first-order chi connectivity index (χ1) is 7.38. The third-order valence-electron chi connectivity index (χ3n) is 2.07. The van der Waals surface area contributed by atoms with Gasteiger partial charge in [-0.1, -0.05) is 13.8 Å². The molecule has 4 heteroatoms. The predicted molar refractivity (Wildman–Crippen MR) is 66.1 cm³/mol. The molecule has 0 spiro atoms. The number of nitrogens with one attached hydrogen (secondary N) is 1. The van der Waals surface area contributed by atoms with Crippen LogP contribution in [-0.2, 0) is 0 Å². The molecule has 0 amide bonds. The van der Waals surface area contributed by atoms with E-state index >= 15 is 0 Å². The Labute approximate surface area is 96.1 Å². The van der Waals surface area contributed by atoms with E-state index in [4.69, 9.17) is 0 Å². The monoisotopic (exact) mass is 225 g/mol. The Hall–Kier alpha value is -0.610. The van der Waals surface area contributed by atoms with E-state index in [9.17, 15) is 0 Å². The highest BCUT2D eigenvalue weighted by Crippen LogP contribution is 2.15. The van der Waals surface area contributed by atoms with E-state index in [1.165, 1.54) is 0 Å². The highest BCUT2D eigenvalue weighted by atomic mass is 32.2. The van der Waals surface area contributed by atoms with Crippen molar-refractivity contribution in [2.45, 2.75) is 26.3 Å². The van der Waals surface area contributed by atoms with Crippen molar-refractivity contribution in [3.05, 3.63) is 24.3 Å². The van der Waals surface area contributed by atoms with Crippen LogP contribution in [0.1, 0.15) is 32.0 Å². The van der Waals surface area contributed by atoms with Gasteiger partial charge in [-0.05, 0) is 18.7 Å². The van der Waals surface area contributed by atoms with E-state index in [0.717, 1.165) is 30.2 Å². The summed E-state index contributed by atoms with van der Waals surface area (Å²) in [7, 11) is 0. The van der Waals surface area contributed by atoms with Crippen LogP contribution in [0.15, 0.2) is 18.6 Å². The average Bonchev–Trinajstić information content (AvgIpc) is 2.30. The molecule has 0 aliphatic carbocycles. The van der Waals surface area contributed by atoms with Gasteiger partial charge in [-0.15, -0.1) is 0 Å². The van der Waals surface area contributed by atoms with Gasteiger partial charge in [-0.2, -0.15) is 11.8 Å². The van der Waals surface area contributed by atoms with Gasteiger partial charge in [0, 0.05) is 24.3 Å². The van der Waals surface area contributed by atoms with E-state index < -0.39 is 0 Å². The second-order valence-electron chi connectivity index (χ2n) is 3.30. The van der Waals surface area contributed by atoms with Crippen molar-refractivity contribution < 1.29 is 0 Å². The Morgan fingerprint density at radius 3 is 2.87 bits per heavy atom. The Balaban J connectivity index is 2.55. The van der Waals surface area contributed by atoms with Gasteiger partial charge in [0.1, 0.15) is 0 Å². The van der Waals surface area contributed by atoms with Gasteiger partial charge in [0.15, 0.2) is 0 Å². The summed E-state index contributed by atoms with van der Waals surface area (Å²) in [5.74, 6) is 2.21. The van der Waals surface area contributed by atoms with Gasteiger partial charge >= 0.3 is 0 Å². The molecule has 1 atom stereocenters. The first-order valence-corrected chi connectivity index (χ1v) is 6.61. The van der Waals surface area contributed by atoms with Gasteiger partial charge in [0.2, 0.25) is 0 Å². The number of hydrogen-bond donors (Lipinski definition) is 1. The van der Waals surface area contributed by atoms with E-state index in [-0.39, 0.29) is 0 Å². The molecule has 1 unspecified atom stereocenters. The molecule has 0 aliphatic rings. The van der Waals surface area contributed by atoms with Crippen molar-refractivity contribution in [1.82, 2.24) is 15.3 Å². The van der Waals surface area contributed by atoms with Crippen LogP contribution in [0.5, 0.6) is 0 Å². The minimum absolute atomic E-state index is 0.337. The zero-order valence-corrected chi connectivity index (χ0v) is 10.3. The van der Waals surface area contributed by atoms with Crippen LogP contribution >= 0.6 is 11.8 Å². The van der Waals surface area contributed by atoms with Crippen molar-refractivity contribution in [1.29, 1.82) is 0 Å². The molecule has 1 rings (SSSR count). The molecule has 0 saturated heterocycles. The van der Waals surface area contributed by atoms with Crippen LogP contribution in [0.25, 0.3) is 0 Å². The van der Waals surface area contributed by atoms with Crippen LogP contribution in [0, 0.1) is 0 Å². The maximum absolute atomic E-state index is 4.35. The van der Waals surface area contributed by atoms with Crippen LogP contribution in [0.2, 0.25) is 0 Å². The Morgan fingerprint density at radius 2 is 2.27 bits per heavy atom. The molecule has 1 N–H and O–H groups in total. The largest absolute Gasteiger partial charge is 0.308 e. The summed E-state index contributed by atoms with van der Waals surface area (Å²) in [6.45, 7) is 5.39. The van der Waals surface area contributed by atoms with Gasteiger partial charge in [-0.25, -0.2) is 0 Å². The third kappa shape index (κ3) is 4.62. The fourth-order valence-corrected chi connectivity index (χ4v) is 2.05. The predicted octanol–water partition coefficient (Wildman–Crippen LogP) is 2.27. The van der Waals surface area contributed by atoms with Gasteiger partial charge in [-0.3, -0.25) is 9.97 Å². The molecule has 0 aromatic carbocycles. The summed E-state index contributed by atoms with van der Waals surface area (Å²) >= 11 is 1.93. The lowest BCUT2D eigenvalue weighted by Crippen LogP contribution is -2.25. The molecular weight excluding hydrogens is 206 g/mol. The molecule has 0 bridgehead atoms. The molecule has 3 nitrogen and oxygen atoms in total. The maximum Gasteiger partial charge on any atom is 0.0764 e. The topological polar surface area (TPSA) is 37.8 Å². The highest BCUT2D eigenvalue weighted by Gasteiger charge is 2.11. The van der Waals surface area contributed by atoms with Crippen LogP contribution in [0.4, 0.5) is 0 Å². The molecule has 1 heterocycles. The number of aromatic nitrogens is 2. The second kappa shape index (κ2) is 7.65. The van der Waals surface area contributed by atoms with Crippen molar-refractivity contribution in [3.8, 4) is 0 Å². The number of nitrogens with zero attached hydrogens (tertiary/aromatic N) is 2. The van der Waals surface area contributed by atoms with E-state index in [1.54, 1.807) is 12.4 Å². The summed E-state index contributed by atoms with van der Waals surface area (Å²) in [6.07, 6.45) is 6.47. The highest BCUT2D eigenvalue weighted by molar-refractivity contribution is 7.99. The molecule has 1 aromatic rings. The zero-order chi connectivity index (χ0) is 10.9. The van der Waals surface area contributed by atoms with Crippen LogP contribution in [0.3, 0.4) is 0 Å². The van der Waals surface area contributed by atoms with Crippen molar-refractivity contribution in [2.24, 2.45) is 0 Å². The van der Waals surface area contributed by atoms with Crippen molar-refractivity contribution in [2.75, 3.05) is 18.1 Å². The average molecular weight is 225 g/mol.